The molecule has 1 fully saturated rings. The minimum absolute atomic E-state index is 0.00116. The van der Waals surface area contributed by atoms with E-state index in [1.54, 1.807) is 0 Å². The number of rotatable bonds is 2. The average molecular weight is 139 g/mol. The molecule has 1 aliphatic rings. The largest absolute Gasteiger partial charge is 0.351 e. The van der Waals surface area contributed by atoms with Gasteiger partial charge < -0.3 is 5.32 Å². The van der Waals surface area contributed by atoms with Crippen LogP contribution in [0.15, 0.2) is 12.7 Å². The molecule has 2 heteroatoms. The molecule has 1 atom stereocenters. The van der Waals surface area contributed by atoms with E-state index < -0.39 is 0 Å². The lowest BCUT2D eigenvalue weighted by molar-refractivity contribution is -0.119. The van der Waals surface area contributed by atoms with Crippen LogP contribution in [0.1, 0.15) is 26.2 Å². The molecule has 1 heterocycles. The van der Waals surface area contributed by atoms with E-state index in [0.717, 1.165) is 12.8 Å². The molecule has 0 unspecified atom stereocenters. The third-order valence-corrected chi connectivity index (χ3v) is 1.94. The summed E-state index contributed by atoms with van der Waals surface area (Å²) in [5, 5.41) is 2.92. The zero-order chi connectivity index (χ0) is 7.61. The monoisotopic (exact) mass is 139 g/mol. The second-order valence-corrected chi connectivity index (χ2v) is 3.10. The van der Waals surface area contributed by atoms with Crippen molar-refractivity contribution in [2.45, 2.75) is 31.7 Å². The number of carbonyl (C=O) groups excluding carboxylic acids is 1. The van der Waals surface area contributed by atoms with Crippen LogP contribution in [0, 0.1) is 0 Å². The van der Waals surface area contributed by atoms with Gasteiger partial charge in [-0.1, -0.05) is 6.08 Å². The molecule has 0 spiro atoms. The van der Waals surface area contributed by atoms with Crippen molar-refractivity contribution in [3.8, 4) is 0 Å². The van der Waals surface area contributed by atoms with E-state index in [1.807, 2.05) is 6.08 Å². The van der Waals surface area contributed by atoms with Crippen LogP contribution in [0.3, 0.4) is 0 Å². The first-order valence-corrected chi connectivity index (χ1v) is 3.58. The van der Waals surface area contributed by atoms with Gasteiger partial charge in [-0.15, -0.1) is 6.58 Å². The van der Waals surface area contributed by atoms with Crippen LogP contribution in [-0.2, 0) is 4.79 Å². The lowest BCUT2D eigenvalue weighted by Crippen LogP contribution is -2.37. The van der Waals surface area contributed by atoms with Gasteiger partial charge in [0.1, 0.15) is 0 Å². The Labute approximate surface area is 61.3 Å². The van der Waals surface area contributed by atoms with Crippen LogP contribution in [0.4, 0.5) is 0 Å². The van der Waals surface area contributed by atoms with E-state index in [4.69, 9.17) is 0 Å². The Balaban J connectivity index is 2.53. The number of hydrogen-bond donors (Lipinski definition) is 1. The van der Waals surface area contributed by atoms with E-state index in [1.165, 1.54) is 0 Å². The molecule has 0 bridgehead atoms. The molecule has 10 heavy (non-hydrogen) atoms. The summed E-state index contributed by atoms with van der Waals surface area (Å²) in [5.41, 5.74) is -0.00116. The second kappa shape index (κ2) is 2.45. The Bertz CT molecular complexity index is 165. The van der Waals surface area contributed by atoms with E-state index in [9.17, 15) is 4.79 Å². The summed E-state index contributed by atoms with van der Waals surface area (Å²) in [5.74, 6) is 0.171. The second-order valence-electron chi connectivity index (χ2n) is 3.10. The van der Waals surface area contributed by atoms with E-state index >= 15 is 0 Å². The van der Waals surface area contributed by atoms with Gasteiger partial charge in [0.15, 0.2) is 0 Å². The molecule has 1 rings (SSSR count). The number of carbonyl (C=O) groups is 1. The summed E-state index contributed by atoms with van der Waals surface area (Å²) in [4.78, 5) is 10.8. The molecule has 1 aliphatic heterocycles. The van der Waals surface area contributed by atoms with Crippen LogP contribution in [0.25, 0.3) is 0 Å². The Morgan fingerprint density at radius 3 is 3.00 bits per heavy atom. The Hall–Kier alpha value is -0.790. The van der Waals surface area contributed by atoms with Gasteiger partial charge in [0.25, 0.3) is 0 Å². The zero-order valence-corrected chi connectivity index (χ0v) is 6.31. The summed E-state index contributed by atoms with van der Waals surface area (Å²) in [6.07, 6.45) is 4.34. The first-order chi connectivity index (χ1) is 4.66. The molecule has 1 N–H and O–H groups in total. The van der Waals surface area contributed by atoms with Crippen LogP contribution in [-0.4, -0.2) is 11.4 Å². The lowest BCUT2D eigenvalue weighted by atomic mass is 9.96. The molecule has 0 aromatic carbocycles. The first-order valence-electron chi connectivity index (χ1n) is 3.58. The highest BCUT2D eigenvalue weighted by atomic mass is 16.2. The van der Waals surface area contributed by atoms with Gasteiger partial charge >= 0.3 is 0 Å². The number of nitrogens with one attached hydrogen (secondary N) is 1. The SMILES string of the molecule is C=CC[C@]1(C)CCC(=O)N1. The average Bonchev–Trinajstić information content (AvgIpc) is 2.12. The summed E-state index contributed by atoms with van der Waals surface area (Å²) in [6.45, 7) is 5.70. The topological polar surface area (TPSA) is 29.1 Å². The van der Waals surface area contributed by atoms with Crippen molar-refractivity contribution < 1.29 is 4.79 Å². The van der Waals surface area contributed by atoms with Gasteiger partial charge in [0, 0.05) is 12.0 Å². The summed E-state index contributed by atoms with van der Waals surface area (Å²) in [6, 6.07) is 0. The van der Waals surface area contributed by atoms with Gasteiger partial charge in [-0.2, -0.15) is 0 Å². The molecule has 0 aromatic rings. The highest BCUT2D eigenvalue weighted by Gasteiger charge is 2.31. The molecule has 0 radical (unpaired) electrons. The molecule has 0 saturated carbocycles. The highest BCUT2D eigenvalue weighted by Crippen LogP contribution is 2.22. The molecule has 1 saturated heterocycles. The molecule has 1 amide bonds. The number of hydrogen-bond acceptors (Lipinski definition) is 1. The molecule has 56 valence electrons. The van der Waals surface area contributed by atoms with Crippen molar-refractivity contribution in [1.82, 2.24) is 5.32 Å². The smallest absolute Gasteiger partial charge is 0.220 e. The van der Waals surface area contributed by atoms with Crippen molar-refractivity contribution >= 4 is 5.91 Å². The Morgan fingerprint density at radius 1 is 1.90 bits per heavy atom. The zero-order valence-electron chi connectivity index (χ0n) is 6.31. The van der Waals surface area contributed by atoms with Gasteiger partial charge in [-0.25, -0.2) is 0 Å². The van der Waals surface area contributed by atoms with Crippen LogP contribution < -0.4 is 5.32 Å². The van der Waals surface area contributed by atoms with E-state index in [2.05, 4.69) is 18.8 Å². The fourth-order valence-corrected chi connectivity index (χ4v) is 1.32. The van der Waals surface area contributed by atoms with Gasteiger partial charge in [0.2, 0.25) is 5.91 Å². The van der Waals surface area contributed by atoms with Crippen molar-refractivity contribution in [2.75, 3.05) is 0 Å². The van der Waals surface area contributed by atoms with Gasteiger partial charge in [-0.3, -0.25) is 4.79 Å². The molecule has 2 nitrogen and oxygen atoms in total. The Kier molecular flexibility index (Phi) is 1.79. The summed E-state index contributed by atoms with van der Waals surface area (Å²) < 4.78 is 0. The predicted molar refractivity (Wildman–Crippen MR) is 40.6 cm³/mol. The first kappa shape index (κ1) is 7.32. The predicted octanol–water partition coefficient (Wildman–Crippen LogP) is 1.23. The standard InChI is InChI=1S/C8H13NO/c1-3-5-8(2)6-4-7(10)9-8/h3H,1,4-6H2,2H3,(H,9,10)/t8-/m1/s1. The molecular formula is C8H13NO. The fourth-order valence-electron chi connectivity index (χ4n) is 1.32. The van der Waals surface area contributed by atoms with E-state index in [-0.39, 0.29) is 11.4 Å². The third-order valence-electron chi connectivity index (χ3n) is 1.94. The summed E-state index contributed by atoms with van der Waals surface area (Å²) in [7, 11) is 0. The molecule has 0 aliphatic carbocycles. The van der Waals surface area contributed by atoms with Gasteiger partial charge in [-0.05, 0) is 19.8 Å². The maximum atomic E-state index is 10.8. The number of amides is 1. The quantitative estimate of drug-likeness (QED) is 0.573. The van der Waals surface area contributed by atoms with Crippen LogP contribution in [0.5, 0.6) is 0 Å². The van der Waals surface area contributed by atoms with Crippen molar-refractivity contribution in [3.63, 3.8) is 0 Å². The van der Waals surface area contributed by atoms with E-state index in [0.29, 0.717) is 6.42 Å². The lowest BCUT2D eigenvalue weighted by Gasteiger charge is -2.21. The van der Waals surface area contributed by atoms with Crippen LogP contribution >= 0.6 is 0 Å². The highest BCUT2D eigenvalue weighted by molar-refractivity contribution is 5.79. The van der Waals surface area contributed by atoms with Crippen LogP contribution in [0.2, 0.25) is 0 Å². The third kappa shape index (κ3) is 1.38. The van der Waals surface area contributed by atoms with Crippen molar-refractivity contribution in [2.24, 2.45) is 0 Å². The fraction of sp³-hybridized carbons (Fsp3) is 0.625. The van der Waals surface area contributed by atoms with Crippen molar-refractivity contribution in [3.05, 3.63) is 12.7 Å². The minimum Gasteiger partial charge on any atom is -0.351 e. The Morgan fingerprint density at radius 2 is 2.60 bits per heavy atom. The molecule has 0 aromatic heterocycles. The van der Waals surface area contributed by atoms with Crippen molar-refractivity contribution in [1.29, 1.82) is 0 Å². The van der Waals surface area contributed by atoms with Gasteiger partial charge in [0.05, 0.1) is 0 Å². The normalized spacial score (nSPS) is 31.9. The minimum atomic E-state index is -0.00116. The maximum absolute atomic E-state index is 10.8. The summed E-state index contributed by atoms with van der Waals surface area (Å²) >= 11 is 0. The maximum Gasteiger partial charge on any atom is 0.220 e. The molecular weight excluding hydrogens is 126 g/mol.